The Labute approximate surface area is 651 Å². The standard InChI is InChI=1S/C51H42N8O17S4.4K/c1-27-18-41(44(75-4)25-39(27)58-56-32-21-36-34(48(23-32)79(68,69)70)8-6-10-46(36)77(62,63)64)52-50(60)29-12-14-30(15-13-29)54-55-31-16-17-43(74-3)38(20-31)51(61)53-42-19-28(2)40(26-45(42)76-5)59-57-33-22-37-35(49(24-33)80(71,72)73)9-7-11-47(37)78(65,66)67;;;;/h6-26H,1-5H3,(H,52,60)(H,53,61)(H,62,63,64)(H,65,66,67)(H,68,69,70)(H,71,72,73);;;;. The molecule has 25 nitrogen and oxygen atoms in total. The number of hydrogen-bond acceptors (Lipinski definition) is 19. The van der Waals surface area contributed by atoms with E-state index in [0.29, 0.717) is 16.8 Å². The van der Waals surface area contributed by atoms with E-state index in [1.165, 1.54) is 112 Å². The van der Waals surface area contributed by atoms with Crippen LogP contribution in [0.4, 0.5) is 45.5 Å². The summed E-state index contributed by atoms with van der Waals surface area (Å²) in [6.45, 7) is 3.27. The zero-order valence-electron chi connectivity index (χ0n) is 46.0. The first-order valence-electron chi connectivity index (χ1n) is 22.7. The van der Waals surface area contributed by atoms with Crippen molar-refractivity contribution in [2.24, 2.45) is 35.7 Å². The second-order valence-electron chi connectivity index (χ2n) is 17.1. The molecule has 84 heavy (non-hydrogen) atoms. The number of aliphatic hydroxyl groups is 1. The van der Waals surface area contributed by atoms with Crippen molar-refractivity contribution in [2.75, 3.05) is 26.6 Å². The fourth-order valence-corrected chi connectivity index (χ4v) is 10.8. The van der Waals surface area contributed by atoms with Crippen molar-refractivity contribution < 1.29 is 76.0 Å². The van der Waals surface area contributed by atoms with E-state index in [0.717, 1.165) is 24.3 Å². The van der Waals surface area contributed by atoms with E-state index in [2.05, 4.69) is 41.0 Å². The Kier molecular flexibility index (Phi) is 27.2. The van der Waals surface area contributed by atoms with Crippen molar-refractivity contribution in [1.29, 1.82) is 0 Å². The largest absolute Gasteiger partial charge is 0.496 e. The molecular weight excluding hydrogens is 1280 g/mol. The van der Waals surface area contributed by atoms with E-state index in [4.69, 9.17) is 14.2 Å². The first kappa shape index (κ1) is 74.1. The third kappa shape index (κ3) is 17.9. The number of ether oxygens (including phenoxy) is 3. The summed E-state index contributed by atoms with van der Waals surface area (Å²) >= 11 is 0. The molecule has 6 N–H and O–H groups in total. The van der Waals surface area contributed by atoms with Crippen LogP contribution in [0.15, 0.2) is 183 Å². The number of azo groups is 3. The number of rotatable bonds is 17. The van der Waals surface area contributed by atoms with Gasteiger partial charge in [-0.2, -0.15) is 64.4 Å². The summed E-state index contributed by atoms with van der Waals surface area (Å²) in [7, 11) is -15.4. The van der Waals surface area contributed by atoms with Gasteiger partial charge in [0.1, 0.15) is 42.5 Å². The molecule has 0 heterocycles. The van der Waals surface area contributed by atoms with Gasteiger partial charge in [0, 0.05) is 245 Å². The number of nitrogens with one attached hydrogen (secondary N) is 1. The van der Waals surface area contributed by atoms with E-state index in [9.17, 15) is 61.8 Å². The van der Waals surface area contributed by atoms with Crippen molar-refractivity contribution >= 4 is 325 Å². The summed E-state index contributed by atoms with van der Waals surface area (Å²) < 4.78 is 154. The summed E-state index contributed by atoms with van der Waals surface area (Å²) in [5, 5.41) is 38.3. The Morgan fingerprint density at radius 3 is 1.32 bits per heavy atom. The molecule has 8 rings (SSSR count). The van der Waals surface area contributed by atoms with Crippen LogP contribution < -0.4 is 19.5 Å². The Balaban J connectivity index is 0.00000378. The fourth-order valence-electron chi connectivity index (χ4n) is 8.00. The normalized spacial score (nSPS) is 12.1. The maximum atomic E-state index is 13.5. The summed E-state index contributed by atoms with van der Waals surface area (Å²) in [4.78, 5) is 15.2. The number of benzene rings is 8. The van der Waals surface area contributed by atoms with Gasteiger partial charge < -0.3 is 24.6 Å². The van der Waals surface area contributed by atoms with Gasteiger partial charge >= 0.3 is 0 Å². The van der Waals surface area contributed by atoms with Crippen LogP contribution in [0.5, 0.6) is 17.2 Å². The van der Waals surface area contributed by atoms with Crippen molar-refractivity contribution in [2.45, 2.75) is 33.4 Å². The molecule has 33 heteroatoms. The van der Waals surface area contributed by atoms with Crippen LogP contribution >= 0.6 is 0 Å². The molecular formula is C51H42K4N8O17S4. The zero-order chi connectivity index (χ0) is 58.1. The molecule has 8 aromatic rings. The van der Waals surface area contributed by atoms with Crippen molar-refractivity contribution in [3.05, 3.63) is 150 Å². The van der Waals surface area contributed by atoms with E-state index in [1.54, 1.807) is 26.0 Å². The molecule has 0 aromatic heterocycles. The topological polar surface area (TPSA) is 381 Å². The van der Waals surface area contributed by atoms with E-state index < -0.39 is 71.9 Å². The monoisotopic (exact) mass is 1320 g/mol. The van der Waals surface area contributed by atoms with Gasteiger partial charge in [-0.15, -0.1) is 0 Å². The Morgan fingerprint density at radius 2 is 0.857 bits per heavy atom. The quantitative estimate of drug-likeness (QED) is 0.0162. The number of carbonyl (C=O) groups is 1. The van der Waals surface area contributed by atoms with Crippen LogP contribution in [-0.4, -0.2) is 296 Å². The second kappa shape index (κ2) is 30.9. The molecule has 0 bridgehead atoms. The summed E-state index contributed by atoms with van der Waals surface area (Å²) in [5.41, 5.74) is 2.20. The smallest absolute Gasteiger partial charge is 0.295 e. The maximum absolute atomic E-state index is 13.5. The zero-order valence-corrected chi connectivity index (χ0v) is 61.8. The summed E-state index contributed by atoms with van der Waals surface area (Å²) in [5.74, 6) is -0.598. The molecule has 8 aromatic carbocycles. The molecule has 0 saturated carbocycles. The van der Waals surface area contributed by atoms with Gasteiger partial charge in [-0.05, 0) is 116 Å². The minimum atomic E-state index is -4.91. The summed E-state index contributed by atoms with van der Waals surface area (Å²) in [6.07, 6.45) is 0. The first-order valence-corrected chi connectivity index (χ1v) is 28.5. The molecule has 0 atom stereocenters. The predicted octanol–water partition coefficient (Wildman–Crippen LogP) is 10.2. The second-order valence-corrected chi connectivity index (χ2v) is 22.6. The maximum Gasteiger partial charge on any atom is 0.295 e. The number of carbonyl (C=O) groups excluding carboxylic acids is 1. The number of aryl methyl sites for hydroxylation is 2. The first-order chi connectivity index (χ1) is 37.7. The molecule has 0 spiro atoms. The number of anilines is 1. The molecule has 0 aliphatic carbocycles. The van der Waals surface area contributed by atoms with Gasteiger partial charge in [0.25, 0.3) is 46.4 Å². The molecule has 4 radical (unpaired) electrons. The van der Waals surface area contributed by atoms with Crippen molar-refractivity contribution in [3.8, 4) is 17.2 Å². The van der Waals surface area contributed by atoms with Crippen LogP contribution in [0, 0.1) is 13.8 Å². The van der Waals surface area contributed by atoms with Gasteiger partial charge in [0.2, 0.25) is 5.90 Å². The van der Waals surface area contributed by atoms with Crippen molar-refractivity contribution in [1.82, 2.24) is 0 Å². The number of hydrogen-bond donors (Lipinski definition) is 6. The number of aliphatic hydroxyl groups excluding tert-OH is 1. The Morgan fingerprint density at radius 1 is 0.429 bits per heavy atom. The van der Waals surface area contributed by atoms with E-state index in [-0.39, 0.29) is 295 Å². The molecule has 0 aliphatic rings. The Bertz CT molecular complexity index is 4480. The van der Waals surface area contributed by atoms with Gasteiger partial charge in [0.15, 0.2) is 0 Å². The molecule has 0 saturated heterocycles. The van der Waals surface area contributed by atoms with Gasteiger partial charge in [-0.3, -0.25) is 23.0 Å². The molecule has 0 aliphatic heterocycles. The number of methoxy groups -OCH3 is 3. The molecule has 416 valence electrons. The Hall–Kier alpha value is -2.39. The minimum Gasteiger partial charge on any atom is -0.496 e. The number of fused-ring (bicyclic) bond motifs is 2. The molecule has 0 fully saturated rings. The van der Waals surface area contributed by atoms with Crippen LogP contribution in [0.2, 0.25) is 0 Å². The molecule has 0 unspecified atom stereocenters. The van der Waals surface area contributed by atoms with Gasteiger partial charge in [0.05, 0.1) is 66.7 Å². The fraction of sp³-hybridized carbons (Fsp3) is 0.0980. The minimum absolute atomic E-state index is 0. The third-order valence-electron chi connectivity index (χ3n) is 11.8. The van der Waals surface area contributed by atoms with Crippen LogP contribution in [0.1, 0.15) is 27.0 Å². The van der Waals surface area contributed by atoms with Crippen molar-refractivity contribution in [3.63, 3.8) is 0 Å². The van der Waals surface area contributed by atoms with E-state index in [1.807, 2.05) is 0 Å². The number of aliphatic imine (C=N–C) groups is 1. The predicted molar refractivity (Wildman–Crippen MR) is 314 cm³/mol. The van der Waals surface area contributed by atoms with Crippen LogP contribution in [0.25, 0.3) is 21.5 Å². The third-order valence-corrected chi connectivity index (χ3v) is 15.4. The van der Waals surface area contributed by atoms with Gasteiger partial charge in [-0.25, -0.2) is 4.99 Å². The number of nitrogens with zero attached hydrogens (tertiary/aromatic N) is 7. The molecule has 1 amide bonds. The number of amides is 1. The summed E-state index contributed by atoms with van der Waals surface area (Å²) in [6, 6.07) is 27.8. The SMILES string of the molecule is COc1cc(N=Nc2cc(S(=O)(=O)O)c3cccc(S(=O)(=O)O)c3c2)c(C)cc1N=C(O)c1cc(N=Nc2ccc(C(=O)Nc3cc(C)c(N=Nc4cc(S(=O)(=O)O)c5cccc(S(=O)(=O)O)c5c4)cc3OC)cc2)ccc1OC.[K].[K].[K].[K]. The average Bonchev–Trinajstić information content (AvgIpc) is 3.41. The van der Waals surface area contributed by atoms with Crippen LogP contribution in [0.3, 0.4) is 0 Å². The van der Waals surface area contributed by atoms with Gasteiger partial charge in [-0.1, -0.05) is 24.3 Å². The van der Waals surface area contributed by atoms with E-state index >= 15 is 0 Å². The van der Waals surface area contributed by atoms with Crippen LogP contribution in [-0.2, 0) is 40.5 Å². The average molecular weight is 1320 g/mol.